The van der Waals surface area contributed by atoms with Crippen molar-refractivity contribution in [3.05, 3.63) is 29.0 Å². The second-order valence-electron chi connectivity index (χ2n) is 6.10. The van der Waals surface area contributed by atoms with Crippen LogP contribution in [0.3, 0.4) is 0 Å². The van der Waals surface area contributed by atoms with Crippen molar-refractivity contribution in [1.82, 2.24) is 0 Å². The first kappa shape index (κ1) is 14.6. The van der Waals surface area contributed by atoms with Gasteiger partial charge >= 0.3 is 0 Å². The van der Waals surface area contributed by atoms with Gasteiger partial charge in [-0.15, -0.1) is 0 Å². The number of nitrogens with one attached hydrogen (secondary N) is 1. The molecule has 0 aromatic heterocycles. The molecule has 1 aromatic carbocycles. The van der Waals surface area contributed by atoms with Gasteiger partial charge in [-0.2, -0.15) is 0 Å². The molecule has 0 aliphatic heterocycles. The summed E-state index contributed by atoms with van der Waals surface area (Å²) in [6.45, 7) is 4.54. The Kier molecular flexibility index (Phi) is 5.09. The Bertz CT molecular complexity index is 419. The van der Waals surface area contributed by atoms with E-state index in [9.17, 15) is 4.39 Å². The van der Waals surface area contributed by atoms with Crippen molar-refractivity contribution in [2.75, 3.05) is 5.32 Å². The highest BCUT2D eigenvalue weighted by Crippen LogP contribution is 2.32. The largest absolute Gasteiger partial charge is 0.380 e. The molecule has 2 rings (SSSR count). The van der Waals surface area contributed by atoms with E-state index in [2.05, 4.69) is 19.2 Å². The summed E-state index contributed by atoms with van der Waals surface area (Å²) in [5.74, 6) is 1.19. The van der Waals surface area contributed by atoms with Crippen molar-refractivity contribution >= 4 is 17.3 Å². The molecule has 1 saturated carbocycles. The fraction of sp³-hybridized carbons (Fsp3) is 0.625. The maximum absolute atomic E-state index is 13.9. The third kappa shape index (κ3) is 4.10. The predicted octanol–water partition coefficient (Wildman–Crippen LogP) is 5.50. The summed E-state index contributed by atoms with van der Waals surface area (Å²) in [6.07, 6.45) is 6.09. The molecule has 0 heterocycles. The molecule has 0 radical (unpaired) electrons. The minimum Gasteiger partial charge on any atom is -0.380 e. The first-order chi connectivity index (χ1) is 9.06. The maximum Gasteiger partial charge on any atom is 0.164 e. The number of hydrogen-bond acceptors (Lipinski definition) is 1. The van der Waals surface area contributed by atoms with E-state index >= 15 is 0 Å². The quantitative estimate of drug-likeness (QED) is 0.770. The van der Waals surface area contributed by atoms with Crippen LogP contribution in [0.1, 0.15) is 46.0 Å². The Morgan fingerprint density at radius 3 is 2.89 bits per heavy atom. The SMILES string of the molecule is CC(C)CC1CCCC(Nc2cccc(Cl)c2F)C1. The summed E-state index contributed by atoms with van der Waals surface area (Å²) in [7, 11) is 0. The molecule has 0 saturated heterocycles. The number of benzene rings is 1. The van der Waals surface area contributed by atoms with Crippen LogP contribution in [-0.4, -0.2) is 6.04 Å². The van der Waals surface area contributed by atoms with Gasteiger partial charge in [-0.05, 0) is 43.2 Å². The second kappa shape index (κ2) is 6.60. The summed E-state index contributed by atoms with van der Waals surface area (Å²) in [6, 6.07) is 5.53. The van der Waals surface area contributed by atoms with Crippen LogP contribution in [0.4, 0.5) is 10.1 Å². The molecule has 1 aromatic rings. The average molecular weight is 284 g/mol. The molecule has 2 atom stereocenters. The number of halogens is 2. The van der Waals surface area contributed by atoms with Crippen LogP contribution in [0.5, 0.6) is 0 Å². The molecule has 106 valence electrons. The van der Waals surface area contributed by atoms with Gasteiger partial charge < -0.3 is 5.32 Å². The second-order valence-corrected chi connectivity index (χ2v) is 6.51. The number of anilines is 1. The Morgan fingerprint density at radius 1 is 1.37 bits per heavy atom. The summed E-state index contributed by atoms with van der Waals surface area (Å²) in [5, 5.41) is 3.53. The molecule has 1 aliphatic carbocycles. The fourth-order valence-corrected chi connectivity index (χ4v) is 3.31. The van der Waals surface area contributed by atoms with Crippen molar-refractivity contribution in [1.29, 1.82) is 0 Å². The van der Waals surface area contributed by atoms with Crippen LogP contribution in [0.2, 0.25) is 5.02 Å². The van der Waals surface area contributed by atoms with Gasteiger partial charge in [-0.1, -0.05) is 44.4 Å². The lowest BCUT2D eigenvalue weighted by Crippen LogP contribution is -2.28. The topological polar surface area (TPSA) is 12.0 Å². The molecule has 0 amide bonds. The predicted molar refractivity (Wildman–Crippen MR) is 80.2 cm³/mol. The summed E-state index contributed by atoms with van der Waals surface area (Å²) < 4.78 is 13.9. The average Bonchev–Trinajstić information content (AvgIpc) is 2.35. The summed E-state index contributed by atoms with van der Waals surface area (Å²) in [5.41, 5.74) is 0.544. The Hall–Kier alpha value is -0.760. The summed E-state index contributed by atoms with van der Waals surface area (Å²) in [4.78, 5) is 0. The molecule has 3 heteroatoms. The third-order valence-electron chi connectivity index (χ3n) is 3.90. The van der Waals surface area contributed by atoms with E-state index in [1.807, 2.05) is 0 Å². The van der Waals surface area contributed by atoms with Crippen molar-refractivity contribution in [3.63, 3.8) is 0 Å². The van der Waals surface area contributed by atoms with Crippen molar-refractivity contribution < 1.29 is 4.39 Å². The van der Waals surface area contributed by atoms with Gasteiger partial charge in [0.05, 0.1) is 10.7 Å². The Balaban J connectivity index is 1.97. The van der Waals surface area contributed by atoms with E-state index in [4.69, 9.17) is 11.6 Å². The smallest absolute Gasteiger partial charge is 0.164 e. The normalized spacial score (nSPS) is 23.6. The number of rotatable bonds is 4. The Labute approximate surface area is 120 Å². The zero-order chi connectivity index (χ0) is 13.8. The zero-order valence-electron chi connectivity index (χ0n) is 11.8. The van der Waals surface area contributed by atoms with Gasteiger partial charge in [0, 0.05) is 6.04 Å². The minimum atomic E-state index is -0.324. The first-order valence-corrected chi connectivity index (χ1v) is 7.64. The monoisotopic (exact) mass is 283 g/mol. The lowest BCUT2D eigenvalue weighted by atomic mass is 9.81. The maximum atomic E-state index is 13.9. The molecule has 19 heavy (non-hydrogen) atoms. The minimum absolute atomic E-state index is 0.194. The molecule has 0 bridgehead atoms. The molecule has 1 fully saturated rings. The van der Waals surface area contributed by atoms with Crippen LogP contribution in [0.15, 0.2) is 18.2 Å². The van der Waals surface area contributed by atoms with E-state index in [0.29, 0.717) is 11.7 Å². The highest BCUT2D eigenvalue weighted by molar-refractivity contribution is 6.31. The van der Waals surface area contributed by atoms with Gasteiger partial charge in [-0.3, -0.25) is 0 Å². The van der Waals surface area contributed by atoms with Gasteiger partial charge in [0.1, 0.15) is 0 Å². The Morgan fingerprint density at radius 2 is 2.16 bits per heavy atom. The van der Waals surface area contributed by atoms with Crippen LogP contribution in [0.25, 0.3) is 0 Å². The van der Waals surface area contributed by atoms with E-state index in [0.717, 1.165) is 24.7 Å². The van der Waals surface area contributed by atoms with Crippen molar-refractivity contribution in [2.45, 2.75) is 52.0 Å². The van der Waals surface area contributed by atoms with Crippen LogP contribution in [0, 0.1) is 17.7 Å². The van der Waals surface area contributed by atoms with Gasteiger partial charge in [0.2, 0.25) is 0 Å². The molecule has 0 spiro atoms. The van der Waals surface area contributed by atoms with E-state index in [1.54, 1.807) is 18.2 Å². The van der Waals surface area contributed by atoms with Gasteiger partial charge in [-0.25, -0.2) is 4.39 Å². The number of hydrogen-bond donors (Lipinski definition) is 1. The highest BCUT2D eigenvalue weighted by Gasteiger charge is 2.23. The van der Waals surface area contributed by atoms with Crippen LogP contribution < -0.4 is 5.32 Å². The van der Waals surface area contributed by atoms with Gasteiger partial charge in [0.15, 0.2) is 5.82 Å². The zero-order valence-corrected chi connectivity index (χ0v) is 12.5. The van der Waals surface area contributed by atoms with Gasteiger partial charge in [0.25, 0.3) is 0 Å². The first-order valence-electron chi connectivity index (χ1n) is 7.26. The van der Waals surface area contributed by atoms with E-state index in [-0.39, 0.29) is 10.8 Å². The lowest BCUT2D eigenvalue weighted by Gasteiger charge is -2.31. The van der Waals surface area contributed by atoms with E-state index < -0.39 is 0 Å². The van der Waals surface area contributed by atoms with Crippen LogP contribution in [-0.2, 0) is 0 Å². The lowest BCUT2D eigenvalue weighted by molar-refractivity contribution is 0.288. The molecular formula is C16H23ClFN. The molecule has 2 unspecified atom stereocenters. The van der Waals surface area contributed by atoms with E-state index in [1.165, 1.54) is 19.3 Å². The molecule has 1 N–H and O–H groups in total. The standard InChI is InChI=1S/C16H23ClFN/c1-11(2)9-12-5-3-6-13(10-12)19-15-8-4-7-14(17)16(15)18/h4,7-8,11-13,19H,3,5-6,9-10H2,1-2H3. The highest BCUT2D eigenvalue weighted by atomic mass is 35.5. The van der Waals surface area contributed by atoms with Crippen molar-refractivity contribution in [3.8, 4) is 0 Å². The molecule has 1 nitrogen and oxygen atoms in total. The van der Waals surface area contributed by atoms with Crippen LogP contribution >= 0.6 is 11.6 Å². The molecular weight excluding hydrogens is 261 g/mol. The third-order valence-corrected chi connectivity index (χ3v) is 4.19. The fourth-order valence-electron chi connectivity index (χ4n) is 3.14. The molecule has 1 aliphatic rings. The summed E-state index contributed by atoms with van der Waals surface area (Å²) >= 11 is 5.81. The van der Waals surface area contributed by atoms with Crippen molar-refractivity contribution in [2.24, 2.45) is 11.8 Å².